The van der Waals surface area contributed by atoms with E-state index in [0.717, 1.165) is 11.1 Å². The maximum atomic E-state index is 13.0. The van der Waals surface area contributed by atoms with Gasteiger partial charge in [-0.1, -0.05) is 54.1 Å². The van der Waals surface area contributed by atoms with Crippen LogP contribution < -0.4 is 10.0 Å². The van der Waals surface area contributed by atoms with Gasteiger partial charge in [0.25, 0.3) is 15.9 Å². The van der Waals surface area contributed by atoms with Crippen LogP contribution in [0, 0.1) is 13.8 Å². The summed E-state index contributed by atoms with van der Waals surface area (Å²) in [6, 6.07) is 21.7. The van der Waals surface area contributed by atoms with Crippen molar-refractivity contribution in [3.8, 4) is 0 Å². The lowest BCUT2D eigenvalue weighted by Crippen LogP contribution is -2.34. The quantitative estimate of drug-likeness (QED) is 0.540. The first-order valence-electron chi connectivity index (χ1n) is 10.4. The summed E-state index contributed by atoms with van der Waals surface area (Å²) in [5, 5.41) is 2.94. The first-order valence-corrected chi connectivity index (χ1v) is 11.9. The van der Waals surface area contributed by atoms with Gasteiger partial charge in [0.2, 0.25) is 0 Å². The first-order chi connectivity index (χ1) is 15.2. The summed E-state index contributed by atoms with van der Waals surface area (Å²) in [5.41, 5.74) is 3.46. The minimum atomic E-state index is -3.84. The van der Waals surface area contributed by atoms with Gasteiger partial charge >= 0.3 is 0 Å². The highest BCUT2D eigenvalue weighted by atomic mass is 32.2. The van der Waals surface area contributed by atoms with E-state index in [1.807, 2.05) is 68.4 Å². The van der Waals surface area contributed by atoms with Crippen LogP contribution in [0.15, 0.2) is 77.7 Å². The van der Waals surface area contributed by atoms with Crippen LogP contribution in [-0.2, 0) is 10.0 Å². The molecular weight excluding hydrogens is 422 g/mol. The zero-order chi connectivity index (χ0) is 23.3. The predicted molar refractivity (Wildman–Crippen MR) is 128 cm³/mol. The molecular formula is C25H29N3O3S. The van der Waals surface area contributed by atoms with Gasteiger partial charge in [0.1, 0.15) is 0 Å². The van der Waals surface area contributed by atoms with Crippen molar-refractivity contribution in [3.63, 3.8) is 0 Å². The molecule has 0 radical (unpaired) electrons. The molecule has 2 N–H and O–H groups in total. The van der Waals surface area contributed by atoms with Crippen LogP contribution in [-0.4, -0.2) is 39.9 Å². The molecule has 3 aromatic rings. The number of anilines is 1. The third kappa shape index (κ3) is 5.75. The van der Waals surface area contributed by atoms with Gasteiger partial charge in [0, 0.05) is 17.8 Å². The Bertz CT molecular complexity index is 1170. The summed E-state index contributed by atoms with van der Waals surface area (Å²) in [6.07, 6.45) is 0. The highest BCUT2D eigenvalue weighted by Gasteiger charge is 2.20. The molecule has 32 heavy (non-hydrogen) atoms. The molecule has 0 fully saturated rings. The monoisotopic (exact) mass is 451 g/mol. The Morgan fingerprint density at radius 1 is 0.938 bits per heavy atom. The summed E-state index contributed by atoms with van der Waals surface area (Å²) in [5.74, 6) is -0.320. The molecule has 0 aliphatic heterocycles. The lowest BCUT2D eigenvalue weighted by atomic mass is 10.1. The second kappa shape index (κ2) is 9.97. The molecule has 168 valence electrons. The fraction of sp³-hybridized carbons (Fsp3) is 0.240. The number of rotatable bonds is 8. The average Bonchev–Trinajstić information content (AvgIpc) is 2.76. The molecule has 6 nitrogen and oxygen atoms in total. The number of nitrogens with zero attached hydrogens (tertiary/aromatic N) is 1. The maximum absolute atomic E-state index is 13.0. The van der Waals surface area contributed by atoms with Gasteiger partial charge in [0.15, 0.2) is 0 Å². The highest BCUT2D eigenvalue weighted by molar-refractivity contribution is 7.92. The van der Waals surface area contributed by atoms with Gasteiger partial charge < -0.3 is 10.2 Å². The zero-order valence-electron chi connectivity index (χ0n) is 18.8. The molecule has 1 amide bonds. The minimum Gasteiger partial charge on any atom is -0.350 e. The smallest absolute Gasteiger partial charge is 0.262 e. The van der Waals surface area contributed by atoms with E-state index >= 15 is 0 Å². The molecule has 0 heterocycles. The number of sulfonamides is 1. The summed E-state index contributed by atoms with van der Waals surface area (Å²) in [4.78, 5) is 15.0. The van der Waals surface area contributed by atoms with E-state index in [1.54, 1.807) is 31.2 Å². The van der Waals surface area contributed by atoms with Gasteiger partial charge in [-0.05, 0) is 63.3 Å². The molecule has 0 saturated carbocycles. The molecule has 0 aromatic heterocycles. The standard InChI is InChI=1S/C25H29N3O3S/c1-18-10-14-22(15-11-18)27-32(30,31)24-16-21(13-12-19(24)2)25(29)26-17-23(28(3)4)20-8-6-5-7-9-20/h5-16,23,27H,17H2,1-4H3,(H,26,29)/t23-/m0/s1. The van der Waals surface area contributed by atoms with Crippen molar-refractivity contribution in [3.05, 3.63) is 95.1 Å². The SMILES string of the molecule is Cc1ccc(NS(=O)(=O)c2cc(C(=O)NC[C@@H](c3ccccc3)N(C)C)ccc2C)cc1. The summed E-state index contributed by atoms with van der Waals surface area (Å²) < 4.78 is 28.5. The van der Waals surface area contributed by atoms with E-state index in [1.165, 1.54) is 6.07 Å². The third-order valence-electron chi connectivity index (χ3n) is 5.31. The molecule has 1 atom stereocenters. The van der Waals surface area contributed by atoms with E-state index in [9.17, 15) is 13.2 Å². The minimum absolute atomic E-state index is 0.00277. The van der Waals surface area contributed by atoms with Gasteiger partial charge in [0.05, 0.1) is 10.9 Å². The Hall–Kier alpha value is -3.16. The number of amides is 1. The Morgan fingerprint density at radius 3 is 2.22 bits per heavy atom. The highest BCUT2D eigenvalue weighted by Crippen LogP contribution is 2.22. The van der Waals surface area contributed by atoms with E-state index in [4.69, 9.17) is 0 Å². The van der Waals surface area contributed by atoms with Crippen LogP contribution in [0.25, 0.3) is 0 Å². The van der Waals surface area contributed by atoms with E-state index in [-0.39, 0.29) is 16.8 Å². The van der Waals surface area contributed by atoms with Crippen LogP contribution in [0.2, 0.25) is 0 Å². The first kappa shape index (κ1) is 23.5. The van der Waals surface area contributed by atoms with Crippen molar-refractivity contribution >= 4 is 21.6 Å². The van der Waals surface area contributed by atoms with Gasteiger partial charge in [-0.3, -0.25) is 9.52 Å². The number of aryl methyl sites for hydroxylation is 2. The molecule has 3 rings (SSSR count). The fourth-order valence-corrected chi connectivity index (χ4v) is 4.76. The molecule has 0 spiro atoms. The molecule has 0 aliphatic rings. The van der Waals surface area contributed by atoms with E-state index in [2.05, 4.69) is 10.0 Å². The van der Waals surface area contributed by atoms with Crippen molar-refractivity contribution in [2.24, 2.45) is 0 Å². The molecule has 0 unspecified atom stereocenters. The number of hydrogen-bond acceptors (Lipinski definition) is 4. The summed E-state index contributed by atoms with van der Waals surface area (Å²) in [6.45, 7) is 4.04. The van der Waals surface area contributed by atoms with Crippen LogP contribution in [0.3, 0.4) is 0 Å². The van der Waals surface area contributed by atoms with Crippen molar-refractivity contribution < 1.29 is 13.2 Å². The molecule has 3 aromatic carbocycles. The number of carbonyl (C=O) groups is 1. The molecule has 0 bridgehead atoms. The Kier molecular flexibility index (Phi) is 7.33. The van der Waals surface area contributed by atoms with Crippen molar-refractivity contribution in [2.75, 3.05) is 25.4 Å². The molecule has 0 saturated heterocycles. The fourth-order valence-electron chi connectivity index (χ4n) is 3.43. The van der Waals surface area contributed by atoms with E-state index < -0.39 is 10.0 Å². The number of benzene rings is 3. The topological polar surface area (TPSA) is 78.5 Å². The lowest BCUT2D eigenvalue weighted by molar-refractivity contribution is 0.0941. The van der Waals surface area contributed by atoms with Gasteiger partial charge in [-0.25, -0.2) is 8.42 Å². The molecule has 0 aliphatic carbocycles. The molecule has 7 heteroatoms. The lowest BCUT2D eigenvalue weighted by Gasteiger charge is -2.25. The number of hydrogen-bond donors (Lipinski definition) is 2. The summed E-state index contributed by atoms with van der Waals surface area (Å²) >= 11 is 0. The zero-order valence-corrected chi connectivity index (χ0v) is 19.6. The summed E-state index contributed by atoms with van der Waals surface area (Å²) in [7, 11) is 0.0722. The number of nitrogens with one attached hydrogen (secondary N) is 2. The number of carbonyl (C=O) groups excluding carboxylic acids is 1. The maximum Gasteiger partial charge on any atom is 0.262 e. The number of likely N-dealkylation sites (N-methyl/N-ethyl adjacent to an activating group) is 1. The van der Waals surface area contributed by atoms with Crippen LogP contribution in [0.5, 0.6) is 0 Å². The second-order valence-corrected chi connectivity index (χ2v) is 9.70. The van der Waals surface area contributed by atoms with Crippen molar-refractivity contribution in [1.29, 1.82) is 0 Å². The Balaban J connectivity index is 1.78. The van der Waals surface area contributed by atoms with Gasteiger partial charge in [-0.2, -0.15) is 0 Å². The third-order valence-corrected chi connectivity index (χ3v) is 6.83. The second-order valence-electron chi connectivity index (χ2n) is 8.05. The average molecular weight is 452 g/mol. The van der Waals surface area contributed by atoms with Crippen molar-refractivity contribution in [2.45, 2.75) is 24.8 Å². The van der Waals surface area contributed by atoms with Crippen LogP contribution in [0.1, 0.15) is 33.1 Å². The van der Waals surface area contributed by atoms with Crippen molar-refractivity contribution in [1.82, 2.24) is 10.2 Å². The predicted octanol–water partition coefficient (Wildman–Crippen LogP) is 4.14. The Morgan fingerprint density at radius 2 is 1.59 bits per heavy atom. The van der Waals surface area contributed by atoms with Gasteiger partial charge in [-0.15, -0.1) is 0 Å². The van der Waals surface area contributed by atoms with Crippen LogP contribution in [0.4, 0.5) is 5.69 Å². The van der Waals surface area contributed by atoms with Crippen LogP contribution >= 0.6 is 0 Å². The van der Waals surface area contributed by atoms with E-state index in [0.29, 0.717) is 23.4 Å². The largest absolute Gasteiger partial charge is 0.350 e. The normalized spacial score (nSPS) is 12.4. The Labute approximate surface area is 190 Å².